The van der Waals surface area contributed by atoms with E-state index < -0.39 is 9.84 Å². The van der Waals surface area contributed by atoms with Gasteiger partial charge in [-0.2, -0.15) is 0 Å². The molecule has 1 fully saturated rings. The van der Waals surface area contributed by atoms with E-state index in [1.165, 1.54) is 17.0 Å². The smallest absolute Gasteiger partial charge is 0.279 e. The Morgan fingerprint density at radius 2 is 1.85 bits per heavy atom. The lowest BCUT2D eigenvalue weighted by atomic mass is 10.2. The van der Waals surface area contributed by atoms with Crippen LogP contribution in [0.5, 0.6) is 0 Å². The topological polar surface area (TPSA) is 70.9 Å². The lowest BCUT2D eigenvalue weighted by Gasteiger charge is -2.33. The zero-order chi connectivity index (χ0) is 19.4. The third-order valence-corrected chi connectivity index (χ3v) is 5.95. The zero-order valence-electron chi connectivity index (χ0n) is 15.1. The summed E-state index contributed by atoms with van der Waals surface area (Å²) in [4.78, 5) is 16.0. The van der Waals surface area contributed by atoms with Crippen molar-refractivity contribution >= 4 is 38.7 Å². The highest BCUT2D eigenvalue weighted by Gasteiger charge is 2.22. The van der Waals surface area contributed by atoms with E-state index in [9.17, 15) is 13.2 Å². The Labute approximate surface area is 164 Å². The van der Waals surface area contributed by atoms with E-state index in [0.29, 0.717) is 12.2 Å². The Kier molecular flexibility index (Phi) is 6.04. The molecule has 1 saturated heterocycles. The molecule has 6 nitrogen and oxygen atoms in total. The van der Waals surface area contributed by atoms with Gasteiger partial charge in [0.05, 0.1) is 31.1 Å². The molecule has 3 rings (SSSR count). The van der Waals surface area contributed by atoms with Crippen LogP contribution in [0.4, 0.5) is 11.4 Å². The van der Waals surface area contributed by atoms with Crippen molar-refractivity contribution < 1.29 is 18.1 Å². The Balaban J connectivity index is 1.53. The fourth-order valence-corrected chi connectivity index (χ4v) is 4.02. The van der Waals surface area contributed by atoms with Crippen LogP contribution in [0.1, 0.15) is 0 Å². The van der Waals surface area contributed by atoms with E-state index in [1.807, 2.05) is 24.3 Å². The molecule has 2 N–H and O–H groups in total. The van der Waals surface area contributed by atoms with Gasteiger partial charge in [-0.25, -0.2) is 8.42 Å². The maximum Gasteiger partial charge on any atom is 0.279 e. The third-order valence-electron chi connectivity index (χ3n) is 4.60. The van der Waals surface area contributed by atoms with Crippen molar-refractivity contribution in [2.75, 3.05) is 49.2 Å². The van der Waals surface area contributed by atoms with Crippen LogP contribution in [0, 0.1) is 0 Å². The molecule has 27 heavy (non-hydrogen) atoms. The average Bonchev–Trinajstić information content (AvgIpc) is 2.62. The number of sulfone groups is 1. The summed E-state index contributed by atoms with van der Waals surface area (Å²) >= 11 is 6.06. The molecule has 1 aliphatic rings. The molecule has 144 valence electrons. The van der Waals surface area contributed by atoms with Gasteiger partial charge >= 0.3 is 0 Å². The number of carbonyl (C=O) groups excluding carboxylic acids is 1. The van der Waals surface area contributed by atoms with Gasteiger partial charge in [0.1, 0.15) is 0 Å². The van der Waals surface area contributed by atoms with Crippen LogP contribution in [0.2, 0.25) is 5.02 Å². The van der Waals surface area contributed by atoms with Crippen LogP contribution < -0.4 is 15.1 Å². The first kappa shape index (κ1) is 19.7. The minimum Gasteiger partial charge on any atom is -0.360 e. The van der Waals surface area contributed by atoms with Gasteiger partial charge in [-0.05, 0) is 36.4 Å². The van der Waals surface area contributed by atoms with Gasteiger partial charge in [-0.15, -0.1) is 0 Å². The molecule has 1 heterocycles. The summed E-state index contributed by atoms with van der Waals surface area (Å²) in [6.07, 6.45) is 1.15. The Morgan fingerprint density at radius 3 is 2.52 bits per heavy atom. The number of nitrogens with one attached hydrogen (secondary N) is 2. The van der Waals surface area contributed by atoms with Crippen molar-refractivity contribution in [1.29, 1.82) is 0 Å². The fourth-order valence-electron chi connectivity index (χ4n) is 3.17. The maximum absolute atomic E-state index is 12.3. The van der Waals surface area contributed by atoms with Gasteiger partial charge in [0, 0.05) is 22.7 Å². The fraction of sp³-hybridized carbons (Fsp3) is 0.316. The predicted octanol–water partition coefficient (Wildman–Crippen LogP) is 1.09. The highest BCUT2D eigenvalue weighted by molar-refractivity contribution is 7.90. The van der Waals surface area contributed by atoms with E-state index in [0.717, 1.165) is 43.1 Å². The summed E-state index contributed by atoms with van der Waals surface area (Å²) in [5.41, 5.74) is 1.60. The zero-order valence-corrected chi connectivity index (χ0v) is 16.7. The summed E-state index contributed by atoms with van der Waals surface area (Å²) in [6, 6.07) is 14.1. The Bertz CT molecular complexity index is 925. The molecule has 2 aromatic rings. The van der Waals surface area contributed by atoms with Crippen LogP contribution >= 0.6 is 11.6 Å². The largest absolute Gasteiger partial charge is 0.360 e. The first-order valence-corrected chi connectivity index (χ1v) is 11.0. The SMILES string of the molecule is CS(=O)(=O)c1cccc(NC(=O)C[NH+]2CCN(c3cccc(Cl)c3)CC2)c1. The van der Waals surface area contributed by atoms with E-state index in [1.54, 1.807) is 12.1 Å². The summed E-state index contributed by atoms with van der Waals surface area (Å²) in [5.74, 6) is -0.119. The molecule has 0 unspecified atom stereocenters. The van der Waals surface area contributed by atoms with Crippen LogP contribution in [0.3, 0.4) is 0 Å². The molecule has 0 atom stereocenters. The Morgan fingerprint density at radius 1 is 1.15 bits per heavy atom. The number of quaternary nitrogens is 1. The second-order valence-corrected chi connectivity index (χ2v) is 9.19. The van der Waals surface area contributed by atoms with Gasteiger partial charge in [-0.3, -0.25) is 4.79 Å². The summed E-state index contributed by atoms with van der Waals surface area (Å²) in [5, 5.41) is 3.52. The maximum atomic E-state index is 12.3. The number of carbonyl (C=O) groups is 1. The standard InChI is InChI=1S/C19H22ClN3O3S/c1-27(25,26)18-7-3-5-16(13-18)21-19(24)14-22-8-10-23(11-9-22)17-6-2-4-15(20)12-17/h2-7,12-13H,8-11,14H2,1H3,(H,21,24)/p+1. The first-order valence-electron chi connectivity index (χ1n) is 8.75. The molecule has 0 spiro atoms. The van der Waals surface area contributed by atoms with Crippen molar-refractivity contribution in [3.63, 3.8) is 0 Å². The molecule has 0 aromatic heterocycles. The van der Waals surface area contributed by atoms with Crippen molar-refractivity contribution in [2.24, 2.45) is 0 Å². The van der Waals surface area contributed by atoms with E-state index in [4.69, 9.17) is 11.6 Å². The number of benzene rings is 2. The number of hydrogen-bond donors (Lipinski definition) is 2. The second-order valence-electron chi connectivity index (χ2n) is 6.74. The van der Waals surface area contributed by atoms with Crippen molar-refractivity contribution in [3.05, 3.63) is 53.6 Å². The summed E-state index contributed by atoms with van der Waals surface area (Å²) in [7, 11) is -3.30. The highest BCUT2D eigenvalue weighted by Crippen LogP contribution is 2.19. The molecule has 0 radical (unpaired) electrons. The molecule has 1 aliphatic heterocycles. The normalized spacial score (nSPS) is 15.6. The van der Waals surface area contributed by atoms with Crippen LogP contribution in [-0.2, 0) is 14.6 Å². The second kappa shape index (κ2) is 8.29. The number of nitrogens with zero attached hydrogens (tertiary/aromatic N) is 1. The van der Waals surface area contributed by atoms with Crippen molar-refractivity contribution in [1.82, 2.24) is 0 Å². The molecular formula is C19H23ClN3O3S+. The summed E-state index contributed by atoms with van der Waals surface area (Å²) < 4.78 is 23.3. The highest BCUT2D eigenvalue weighted by atomic mass is 35.5. The number of anilines is 2. The van der Waals surface area contributed by atoms with Crippen molar-refractivity contribution in [3.8, 4) is 0 Å². The minimum absolute atomic E-state index is 0.119. The van der Waals surface area contributed by atoms with Gasteiger partial charge < -0.3 is 15.1 Å². The lowest BCUT2D eigenvalue weighted by molar-refractivity contribution is -0.892. The first-order chi connectivity index (χ1) is 12.8. The number of hydrogen-bond acceptors (Lipinski definition) is 4. The van der Waals surface area contributed by atoms with Gasteiger partial charge in [0.15, 0.2) is 16.4 Å². The van der Waals surface area contributed by atoms with Crippen molar-refractivity contribution in [2.45, 2.75) is 4.90 Å². The van der Waals surface area contributed by atoms with E-state index in [2.05, 4.69) is 10.2 Å². The average molecular weight is 409 g/mol. The Hall–Kier alpha value is -2.09. The number of halogens is 1. The number of amides is 1. The quantitative estimate of drug-likeness (QED) is 0.776. The van der Waals surface area contributed by atoms with Gasteiger partial charge in [-0.1, -0.05) is 23.7 Å². The lowest BCUT2D eigenvalue weighted by Crippen LogP contribution is -3.15. The number of rotatable bonds is 5. The predicted molar refractivity (Wildman–Crippen MR) is 107 cm³/mol. The van der Waals surface area contributed by atoms with Crippen LogP contribution in [0.25, 0.3) is 0 Å². The third kappa shape index (κ3) is 5.45. The monoisotopic (exact) mass is 408 g/mol. The molecule has 1 amide bonds. The van der Waals surface area contributed by atoms with E-state index in [-0.39, 0.29) is 10.8 Å². The van der Waals surface area contributed by atoms with Gasteiger partial charge in [0.2, 0.25) is 0 Å². The van der Waals surface area contributed by atoms with Crippen LogP contribution in [0.15, 0.2) is 53.4 Å². The van der Waals surface area contributed by atoms with Gasteiger partial charge in [0.25, 0.3) is 5.91 Å². The molecule has 0 saturated carbocycles. The van der Waals surface area contributed by atoms with E-state index >= 15 is 0 Å². The summed E-state index contributed by atoms with van der Waals surface area (Å²) in [6.45, 7) is 3.76. The molecule has 2 aromatic carbocycles. The molecule has 0 bridgehead atoms. The number of piperazine rings is 1. The minimum atomic E-state index is -3.30. The molecule has 0 aliphatic carbocycles. The molecule has 8 heteroatoms. The molecular weight excluding hydrogens is 386 g/mol. The van der Waals surface area contributed by atoms with Crippen LogP contribution in [-0.4, -0.2) is 53.3 Å².